The van der Waals surface area contributed by atoms with Gasteiger partial charge in [0.2, 0.25) is 0 Å². The van der Waals surface area contributed by atoms with Crippen molar-refractivity contribution >= 4 is 0 Å². The molecular weight excluding hydrogens is 160 g/mol. The van der Waals surface area contributed by atoms with Gasteiger partial charge >= 0.3 is 0 Å². The third kappa shape index (κ3) is 6.54. The summed E-state index contributed by atoms with van der Waals surface area (Å²) in [5, 5.41) is 17.1. The van der Waals surface area contributed by atoms with Crippen LogP contribution >= 0.6 is 0 Å². The van der Waals surface area contributed by atoms with Crippen LogP contribution in [-0.4, -0.2) is 42.2 Å². The SMILES string of the molecule is CC(CO)O[CH]COC(C)CO. The van der Waals surface area contributed by atoms with E-state index in [9.17, 15) is 0 Å². The number of aliphatic hydroxyl groups is 2. The van der Waals surface area contributed by atoms with Crippen molar-refractivity contribution in [3.8, 4) is 0 Å². The van der Waals surface area contributed by atoms with E-state index >= 15 is 0 Å². The standard InChI is InChI=1S/C8H17O4/c1-7(5-9)11-3-4-12-8(2)6-10/h3,7-10H,4-6H2,1-2H3. The number of hydrogen-bond donors (Lipinski definition) is 2. The van der Waals surface area contributed by atoms with E-state index in [0.29, 0.717) is 6.61 Å². The molecule has 0 aromatic rings. The zero-order valence-electron chi connectivity index (χ0n) is 7.56. The van der Waals surface area contributed by atoms with Gasteiger partial charge in [0, 0.05) is 0 Å². The Kier molecular flexibility index (Phi) is 7.39. The first-order valence-corrected chi connectivity index (χ1v) is 4.01. The Labute approximate surface area is 73.1 Å². The summed E-state index contributed by atoms with van der Waals surface area (Å²) in [6.07, 6.45) is -0.368. The zero-order chi connectivity index (χ0) is 9.40. The van der Waals surface area contributed by atoms with Gasteiger partial charge in [0.1, 0.15) is 6.61 Å². The minimum atomic E-state index is -0.196. The van der Waals surface area contributed by atoms with Gasteiger partial charge in [-0.25, -0.2) is 0 Å². The van der Waals surface area contributed by atoms with Crippen LogP contribution in [0.25, 0.3) is 0 Å². The van der Waals surface area contributed by atoms with E-state index in [1.54, 1.807) is 13.8 Å². The van der Waals surface area contributed by atoms with Gasteiger partial charge in [-0.3, -0.25) is 0 Å². The molecule has 0 aromatic carbocycles. The Morgan fingerprint density at radius 1 is 1.17 bits per heavy atom. The highest BCUT2D eigenvalue weighted by Crippen LogP contribution is 1.95. The Morgan fingerprint density at radius 3 is 2.25 bits per heavy atom. The summed E-state index contributed by atoms with van der Waals surface area (Å²) in [5.41, 5.74) is 0. The van der Waals surface area contributed by atoms with Gasteiger partial charge in [0.05, 0.1) is 32.0 Å². The Balaban J connectivity index is 3.10. The van der Waals surface area contributed by atoms with Crippen molar-refractivity contribution in [1.29, 1.82) is 0 Å². The summed E-state index contributed by atoms with van der Waals surface area (Å²) in [6, 6.07) is 0. The molecule has 2 N–H and O–H groups in total. The molecule has 0 saturated heterocycles. The van der Waals surface area contributed by atoms with E-state index < -0.39 is 0 Å². The predicted octanol–water partition coefficient (Wildman–Crippen LogP) is -0.0570. The molecule has 4 nitrogen and oxygen atoms in total. The van der Waals surface area contributed by atoms with Crippen LogP contribution in [0, 0.1) is 6.61 Å². The number of aliphatic hydroxyl groups excluding tert-OH is 2. The van der Waals surface area contributed by atoms with Crippen molar-refractivity contribution in [2.75, 3.05) is 19.8 Å². The maximum atomic E-state index is 8.57. The largest absolute Gasteiger partial charge is 0.394 e. The minimum Gasteiger partial charge on any atom is -0.394 e. The van der Waals surface area contributed by atoms with Gasteiger partial charge in [0.15, 0.2) is 0 Å². The molecule has 12 heavy (non-hydrogen) atoms. The lowest BCUT2D eigenvalue weighted by atomic mass is 10.4. The van der Waals surface area contributed by atoms with Gasteiger partial charge in [-0.1, -0.05) is 0 Å². The second-order valence-corrected chi connectivity index (χ2v) is 2.62. The van der Waals surface area contributed by atoms with E-state index in [-0.39, 0.29) is 25.4 Å². The van der Waals surface area contributed by atoms with Crippen LogP contribution in [0.15, 0.2) is 0 Å². The highest BCUT2D eigenvalue weighted by Gasteiger charge is 2.01. The molecule has 0 aliphatic carbocycles. The molecule has 2 unspecified atom stereocenters. The van der Waals surface area contributed by atoms with Crippen LogP contribution < -0.4 is 0 Å². The lowest BCUT2D eigenvalue weighted by molar-refractivity contribution is -0.00799. The van der Waals surface area contributed by atoms with Crippen LogP contribution in [0.2, 0.25) is 0 Å². The Morgan fingerprint density at radius 2 is 1.75 bits per heavy atom. The quantitative estimate of drug-likeness (QED) is 0.535. The van der Waals surface area contributed by atoms with Crippen molar-refractivity contribution in [3.05, 3.63) is 6.61 Å². The molecule has 0 aliphatic heterocycles. The fraction of sp³-hybridized carbons (Fsp3) is 0.875. The average molecular weight is 177 g/mol. The van der Waals surface area contributed by atoms with Crippen LogP contribution in [0.5, 0.6) is 0 Å². The lowest BCUT2D eigenvalue weighted by Crippen LogP contribution is -2.17. The summed E-state index contributed by atoms with van der Waals surface area (Å²) in [7, 11) is 0. The zero-order valence-corrected chi connectivity index (χ0v) is 7.56. The molecule has 0 spiro atoms. The fourth-order valence-corrected chi connectivity index (χ4v) is 0.503. The third-order valence-corrected chi connectivity index (χ3v) is 1.29. The highest BCUT2D eigenvalue weighted by molar-refractivity contribution is 4.55. The molecular formula is C8H17O4. The minimum absolute atomic E-state index is 0.00337. The second kappa shape index (κ2) is 7.49. The highest BCUT2D eigenvalue weighted by atomic mass is 16.5. The maximum Gasteiger partial charge on any atom is 0.110 e. The van der Waals surface area contributed by atoms with Gasteiger partial charge in [0.25, 0.3) is 0 Å². The summed E-state index contributed by atoms with van der Waals surface area (Å²) < 4.78 is 10.1. The van der Waals surface area contributed by atoms with E-state index in [2.05, 4.69) is 0 Å². The van der Waals surface area contributed by atoms with Gasteiger partial charge in [-0.2, -0.15) is 0 Å². The average Bonchev–Trinajstić information content (AvgIpc) is 2.11. The van der Waals surface area contributed by atoms with E-state index in [1.165, 1.54) is 6.61 Å². The Hall–Kier alpha value is -0.160. The summed E-state index contributed by atoms with van der Waals surface area (Å²) in [5.74, 6) is 0. The van der Waals surface area contributed by atoms with Crippen molar-refractivity contribution in [2.45, 2.75) is 26.1 Å². The smallest absolute Gasteiger partial charge is 0.110 e. The van der Waals surface area contributed by atoms with Crippen LogP contribution in [0.3, 0.4) is 0 Å². The van der Waals surface area contributed by atoms with Crippen LogP contribution in [0.1, 0.15) is 13.8 Å². The molecule has 73 valence electrons. The third-order valence-electron chi connectivity index (χ3n) is 1.29. The van der Waals surface area contributed by atoms with E-state index in [1.807, 2.05) is 0 Å². The van der Waals surface area contributed by atoms with Crippen molar-refractivity contribution in [2.24, 2.45) is 0 Å². The second-order valence-electron chi connectivity index (χ2n) is 2.62. The maximum absolute atomic E-state index is 8.57. The summed E-state index contributed by atoms with van der Waals surface area (Å²) in [6.45, 7) is 5.32. The summed E-state index contributed by atoms with van der Waals surface area (Å²) in [4.78, 5) is 0. The molecule has 4 heteroatoms. The Bertz CT molecular complexity index is 85.1. The van der Waals surface area contributed by atoms with Crippen molar-refractivity contribution < 1.29 is 19.7 Å². The predicted molar refractivity (Wildman–Crippen MR) is 44.4 cm³/mol. The van der Waals surface area contributed by atoms with Crippen LogP contribution in [-0.2, 0) is 9.47 Å². The number of rotatable bonds is 7. The van der Waals surface area contributed by atoms with E-state index in [4.69, 9.17) is 19.7 Å². The number of hydrogen-bond acceptors (Lipinski definition) is 4. The topological polar surface area (TPSA) is 58.9 Å². The molecule has 0 aliphatic rings. The first-order valence-electron chi connectivity index (χ1n) is 4.01. The molecule has 0 aromatic heterocycles. The van der Waals surface area contributed by atoms with E-state index in [0.717, 1.165) is 0 Å². The normalized spacial score (nSPS) is 16.0. The molecule has 0 amide bonds. The molecule has 0 bridgehead atoms. The first kappa shape index (κ1) is 11.8. The molecule has 0 rings (SSSR count). The lowest BCUT2D eigenvalue weighted by Gasteiger charge is -2.11. The molecule has 2 atom stereocenters. The number of ether oxygens (including phenoxy) is 2. The van der Waals surface area contributed by atoms with Crippen LogP contribution in [0.4, 0.5) is 0 Å². The van der Waals surface area contributed by atoms with Gasteiger partial charge in [-0.15, -0.1) is 0 Å². The monoisotopic (exact) mass is 177 g/mol. The first-order chi connectivity index (χ1) is 5.70. The van der Waals surface area contributed by atoms with Crippen molar-refractivity contribution in [3.63, 3.8) is 0 Å². The summed E-state index contributed by atoms with van der Waals surface area (Å²) >= 11 is 0. The molecule has 0 saturated carbocycles. The fourth-order valence-electron chi connectivity index (χ4n) is 0.503. The van der Waals surface area contributed by atoms with Gasteiger partial charge < -0.3 is 19.7 Å². The molecule has 1 radical (unpaired) electrons. The van der Waals surface area contributed by atoms with Crippen molar-refractivity contribution in [1.82, 2.24) is 0 Å². The van der Waals surface area contributed by atoms with Gasteiger partial charge in [-0.05, 0) is 13.8 Å². The molecule has 0 heterocycles. The molecule has 0 fully saturated rings.